The summed E-state index contributed by atoms with van der Waals surface area (Å²) in [4.78, 5) is 0. The minimum Gasteiger partial charge on any atom is -0.386 e. The van der Waals surface area contributed by atoms with E-state index in [1.54, 1.807) is 29.9 Å². The number of benzene rings is 1. The van der Waals surface area contributed by atoms with Crippen LogP contribution in [-0.4, -0.2) is 14.9 Å². The number of aromatic nitrogens is 2. The summed E-state index contributed by atoms with van der Waals surface area (Å²) in [5.74, 6) is -0.470. The number of aliphatic hydroxyl groups excluding tert-OH is 1. The van der Waals surface area contributed by atoms with Crippen molar-refractivity contribution in [3.8, 4) is 0 Å². The summed E-state index contributed by atoms with van der Waals surface area (Å²) in [6, 6.07) is 6.39. The second-order valence-electron chi connectivity index (χ2n) is 4.27. The molecule has 1 atom stereocenters. The van der Waals surface area contributed by atoms with Gasteiger partial charge in [-0.2, -0.15) is 5.10 Å². The number of hydrogen-bond acceptors (Lipinski definition) is 2. The van der Waals surface area contributed by atoms with Crippen LogP contribution in [0.25, 0.3) is 0 Å². The maximum atomic E-state index is 13.3. The number of rotatable bonds is 3. The van der Waals surface area contributed by atoms with E-state index in [1.807, 2.05) is 6.92 Å². The average molecular weight is 269 g/mol. The van der Waals surface area contributed by atoms with Gasteiger partial charge in [-0.25, -0.2) is 4.39 Å². The van der Waals surface area contributed by atoms with Crippen molar-refractivity contribution in [3.05, 3.63) is 52.1 Å². The second kappa shape index (κ2) is 5.08. The van der Waals surface area contributed by atoms with E-state index in [4.69, 9.17) is 11.6 Å². The van der Waals surface area contributed by atoms with Gasteiger partial charge in [0.2, 0.25) is 0 Å². The van der Waals surface area contributed by atoms with E-state index in [1.165, 1.54) is 6.07 Å². The van der Waals surface area contributed by atoms with Crippen LogP contribution >= 0.6 is 11.6 Å². The van der Waals surface area contributed by atoms with Gasteiger partial charge in [0.05, 0.1) is 22.5 Å². The molecule has 1 aromatic heterocycles. The van der Waals surface area contributed by atoms with Gasteiger partial charge in [0.25, 0.3) is 0 Å². The Morgan fingerprint density at radius 1 is 1.50 bits per heavy atom. The minimum atomic E-state index is -0.754. The molecule has 1 unspecified atom stereocenters. The lowest BCUT2D eigenvalue weighted by Gasteiger charge is -2.12. The fourth-order valence-electron chi connectivity index (χ4n) is 1.96. The lowest BCUT2D eigenvalue weighted by atomic mass is 10.1. The second-order valence-corrected chi connectivity index (χ2v) is 4.65. The first-order valence-corrected chi connectivity index (χ1v) is 5.98. The van der Waals surface area contributed by atoms with Crippen molar-refractivity contribution >= 4 is 11.6 Å². The fourth-order valence-corrected chi connectivity index (χ4v) is 2.16. The Labute approximate surface area is 110 Å². The lowest BCUT2D eigenvalue weighted by molar-refractivity contribution is 0.168. The molecule has 1 N–H and O–H groups in total. The van der Waals surface area contributed by atoms with Crippen LogP contribution in [0.3, 0.4) is 0 Å². The highest BCUT2D eigenvalue weighted by Crippen LogP contribution is 2.25. The van der Waals surface area contributed by atoms with Crippen molar-refractivity contribution in [1.29, 1.82) is 0 Å². The van der Waals surface area contributed by atoms with Gasteiger partial charge in [0.15, 0.2) is 0 Å². The predicted octanol–water partition coefficient (Wildman–Crippen LogP) is 2.80. The molecule has 0 bridgehead atoms. The Balaban J connectivity index is 2.24. The molecule has 0 fully saturated rings. The molecule has 1 heterocycles. The summed E-state index contributed by atoms with van der Waals surface area (Å²) in [7, 11) is 1.76. The van der Waals surface area contributed by atoms with Gasteiger partial charge in [-0.3, -0.25) is 4.68 Å². The van der Waals surface area contributed by atoms with Crippen molar-refractivity contribution in [2.24, 2.45) is 7.05 Å². The standard InChI is InChI=1S/C13H14ClFN2O/c1-8-6-11(17(2)16-8)12(18)7-9-4-3-5-10(15)13(9)14/h3-6,12,18H,7H2,1-2H3. The van der Waals surface area contributed by atoms with E-state index < -0.39 is 11.9 Å². The molecule has 0 spiro atoms. The predicted molar refractivity (Wildman–Crippen MR) is 68.0 cm³/mol. The molecule has 0 radical (unpaired) electrons. The van der Waals surface area contributed by atoms with Crippen molar-refractivity contribution in [2.75, 3.05) is 0 Å². The molecule has 0 saturated heterocycles. The molecule has 0 aliphatic carbocycles. The van der Waals surface area contributed by atoms with Crippen LogP contribution in [-0.2, 0) is 13.5 Å². The third-order valence-electron chi connectivity index (χ3n) is 2.82. The summed E-state index contributed by atoms with van der Waals surface area (Å²) in [6.45, 7) is 1.85. The van der Waals surface area contributed by atoms with Crippen LogP contribution in [0.15, 0.2) is 24.3 Å². The molecule has 2 rings (SSSR count). The molecule has 0 aliphatic heterocycles. The van der Waals surface area contributed by atoms with Crippen LogP contribution in [0.4, 0.5) is 4.39 Å². The third-order valence-corrected chi connectivity index (χ3v) is 3.25. The van der Waals surface area contributed by atoms with Gasteiger partial charge in [-0.1, -0.05) is 23.7 Å². The number of nitrogens with zero attached hydrogens (tertiary/aromatic N) is 2. The first-order valence-electron chi connectivity index (χ1n) is 5.60. The van der Waals surface area contributed by atoms with Gasteiger partial charge in [-0.15, -0.1) is 0 Å². The number of aryl methyl sites for hydroxylation is 2. The molecular formula is C13H14ClFN2O. The fraction of sp³-hybridized carbons (Fsp3) is 0.308. The van der Waals surface area contributed by atoms with E-state index >= 15 is 0 Å². The van der Waals surface area contributed by atoms with Crippen LogP contribution in [0.2, 0.25) is 5.02 Å². The quantitative estimate of drug-likeness (QED) is 0.930. The van der Waals surface area contributed by atoms with E-state index in [-0.39, 0.29) is 11.4 Å². The molecule has 0 aliphatic rings. The van der Waals surface area contributed by atoms with E-state index in [2.05, 4.69) is 5.10 Å². The normalized spacial score (nSPS) is 12.7. The maximum absolute atomic E-state index is 13.3. The van der Waals surface area contributed by atoms with Crippen molar-refractivity contribution in [3.63, 3.8) is 0 Å². The van der Waals surface area contributed by atoms with Crippen LogP contribution in [0.1, 0.15) is 23.1 Å². The third kappa shape index (κ3) is 2.54. The SMILES string of the molecule is Cc1cc(C(O)Cc2cccc(F)c2Cl)n(C)n1. The van der Waals surface area contributed by atoms with Crippen molar-refractivity contribution in [2.45, 2.75) is 19.4 Å². The van der Waals surface area contributed by atoms with Crippen molar-refractivity contribution < 1.29 is 9.50 Å². The molecule has 5 heteroatoms. The molecule has 2 aromatic rings. The lowest BCUT2D eigenvalue weighted by Crippen LogP contribution is -2.08. The van der Waals surface area contributed by atoms with Crippen LogP contribution < -0.4 is 0 Å². The summed E-state index contributed by atoms with van der Waals surface area (Å²) >= 11 is 5.86. The van der Waals surface area contributed by atoms with Gasteiger partial charge in [-0.05, 0) is 24.6 Å². The zero-order valence-corrected chi connectivity index (χ0v) is 10.9. The van der Waals surface area contributed by atoms with E-state index in [0.717, 1.165) is 5.69 Å². The maximum Gasteiger partial charge on any atom is 0.142 e. The Hall–Kier alpha value is -1.39. The first-order chi connectivity index (χ1) is 8.49. The molecule has 18 heavy (non-hydrogen) atoms. The molecule has 0 saturated carbocycles. The molecule has 3 nitrogen and oxygen atoms in total. The highest BCUT2D eigenvalue weighted by Gasteiger charge is 2.16. The first kappa shape index (κ1) is 13.1. The molecule has 1 aromatic carbocycles. The molecule has 96 valence electrons. The average Bonchev–Trinajstić information content (AvgIpc) is 2.64. The molecular weight excluding hydrogens is 255 g/mol. The summed E-state index contributed by atoms with van der Waals surface area (Å²) in [5.41, 5.74) is 2.10. The van der Waals surface area contributed by atoms with Gasteiger partial charge in [0, 0.05) is 13.5 Å². The number of aliphatic hydroxyl groups is 1. The van der Waals surface area contributed by atoms with Crippen LogP contribution in [0.5, 0.6) is 0 Å². The topological polar surface area (TPSA) is 38.0 Å². The van der Waals surface area contributed by atoms with Gasteiger partial charge in [0.1, 0.15) is 5.82 Å². The summed E-state index contributed by atoms with van der Waals surface area (Å²) in [6.07, 6.45) is -0.495. The highest BCUT2D eigenvalue weighted by molar-refractivity contribution is 6.31. The van der Waals surface area contributed by atoms with Crippen LogP contribution in [0, 0.1) is 12.7 Å². The van der Waals surface area contributed by atoms with E-state index in [0.29, 0.717) is 11.3 Å². The largest absolute Gasteiger partial charge is 0.386 e. The molecule has 0 amide bonds. The zero-order chi connectivity index (χ0) is 13.3. The number of hydrogen-bond donors (Lipinski definition) is 1. The summed E-state index contributed by atoms with van der Waals surface area (Å²) in [5, 5.41) is 14.4. The van der Waals surface area contributed by atoms with Crippen molar-refractivity contribution in [1.82, 2.24) is 9.78 Å². The van der Waals surface area contributed by atoms with Gasteiger partial charge < -0.3 is 5.11 Å². The van der Waals surface area contributed by atoms with Gasteiger partial charge >= 0.3 is 0 Å². The Morgan fingerprint density at radius 3 is 2.83 bits per heavy atom. The number of halogens is 2. The smallest absolute Gasteiger partial charge is 0.142 e. The zero-order valence-electron chi connectivity index (χ0n) is 10.2. The Kier molecular flexibility index (Phi) is 3.68. The Morgan fingerprint density at radius 2 is 2.22 bits per heavy atom. The minimum absolute atomic E-state index is 0.0652. The van der Waals surface area contributed by atoms with E-state index in [9.17, 15) is 9.50 Å². The highest BCUT2D eigenvalue weighted by atomic mass is 35.5. The monoisotopic (exact) mass is 268 g/mol. The Bertz CT molecular complexity index is 568. The summed E-state index contributed by atoms with van der Waals surface area (Å²) < 4.78 is 14.9.